The van der Waals surface area contributed by atoms with Crippen LogP contribution in [0.2, 0.25) is 20.1 Å². The number of carbonyl (C=O) groups is 1. The zero-order chi connectivity index (χ0) is 23.9. The standard InChI is InChI=1S/C22H24Cl4O4S2/c1-22(30,5-3-7-32-15-10-18(25)21(29)19(26)11-15)12-13(27)4-2-6-31-14-8-16(23)20(28)17(24)9-14/h8-11,28-30H,2-7,12H2,1H3. The van der Waals surface area contributed by atoms with Crippen molar-refractivity contribution in [2.75, 3.05) is 11.5 Å². The van der Waals surface area contributed by atoms with Gasteiger partial charge in [0.1, 0.15) is 5.78 Å². The highest BCUT2D eigenvalue weighted by molar-refractivity contribution is 7.99. The van der Waals surface area contributed by atoms with Gasteiger partial charge in [0.25, 0.3) is 0 Å². The molecule has 3 N–H and O–H groups in total. The number of phenolic OH excluding ortho intramolecular Hbond substituents is 2. The van der Waals surface area contributed by atoms with Crippen molar-refractivity contribution < 1.29 is 20.1 Å². The number of ketones is 1. The number of rotatable bonds is 12. The van der Waals surface area contributed by atoms with Gasteiger partial charge in [0.15, 0.2) is 11.5 Å². The minimum Gasteiger partial charge on any atom is -0.505 e. The quantitative estimate of drug-likeness (QED) is 0.182. The van der Waals surface area contributed by atoms with E-state index in [4.69, 9.17) is 46.4 Å². The van der Waals surface area contributed by atoms with Gasteiger partial charge in [-0.05, 0) is 62.0 Å². The first-order valence-electron chi connectivity index (χ1n) is 9.84. The molecule has 0 saturated heterocycles. The molecule has 0 spiro atoms. The maximum atomic E-state index is 12.3. The number of aromatic hydroxyl groups is 2. The van der Waals surface area contributed by atoms with Crippen molar-refractivity contribution in [2.45, 2.75) is 54.4 Å². The minimum absolute atomic E-state index is 0.0159. The van der Waals surface area contributed by atoms with Gasteiger partial charge >= 0.3 is 0 Å². The molecule has 1 atom stereocenters. The Labute approximate surface area is 216 Å². The molecule has 0 aromatic heterocycles. The van der Waals surface area contributed by atoms with Crippen molar-refractivity contribution >= 4 is 75.7 Å². The number of phenols is 2. The summed E-state index contributed by atoms with van der Waals surface area (Å²) in [6, 6.07) is 6.57. The molecular weight excluding hydrogens is 534 g/mol. The molecule has 0 heterocycles. The van der Waals surface area contributed by atoms with Crippen LogP contribution in [0.5, 0.6) is 11.5 Å². The monoisotopic (exact) mass is 556 g/mol. The molecule has 10 heteroatoms. The summed E-state index contributed by atoms with van der Waals surface area (Å²) in [5.41, 5.74) is -1.06. The molecule has 0 aliphatic carbocycles. The van der Waals surface area contributed by atoms with Crippen molar-refractivity contribution in [3.63, 3.8) is 0 Å². The number of halogens is 4. The van der Waals surface area contributed by atoms with E-state index in [9.17, 15) is 20.1 Å². The molecule has 0 fully saturated rings. The Hall–Kier alpha value is -0.470. The highest BCUT2D eigenvalue weighted by Crippen LogP contribution is 2.37. The maximum absolute atomic E-state index is 12.3. The van der Waals surface area contributed by atoms with E-state index in [1.165, 1.54) is 23.5 Å². The number of carbonyl (C=O) groups excluding carboxylic acids is 1. The molecule has 32 heavy (non-hydrogen) atoms. The van der Waals surface area contributed by atoms with Crippen molar-refractivity contribution in [1.82, 2.24) is 0 Å². The van der Waals surface area contributed by atoms with Crippen LogP contribution >= 0.6 is 69.9 Å². The van der Waals surface area contributed by atoms with Crippen molar-refractivity contribution in [2.24, 2.45) is 0 Å². The number of hydrogen-bond acceptors (Lipinski definition) is 6. The van der Waals surface area contributed by atoms with Gasteiger partial charge in [-0.25, -0.2) is 0 Å². The van der Waals surface area contributed by atoms with Gasteiger partial charge in [0.2, 0.25) is 0 Å². The highest BCUT2D eigenvalue weighted by atomic mass is 35.5. The Bertz CT molecular complexity index is 908. The lowest BCUT2D eigenvalue weighted by atomic mass is 9.93. The lowest BCUT2D eigenvalue weighted by Gasteiger charge is -2.22. The number of thioether (sulfide) groups is 2. The normalized spacial score (nSPS) is 13.2. The SMILES string of the molecule is CC(O)(CCCSc1cc(Cl)c(O)c(Cl)c1)CC(=O)CCCSc1cc(Cl)c(O)c(Cl)c1. The lowest BCUT2D eigenvalue weighted by Crippen LogP contribution is -2.28. The molecule has 2 aromatic carbocycles. The summed E-state index contributed by atoms with van der Waals surface area (Å²) < 4.78 is 0. The first-order chi connectivity index (χ1) is 15.0. The molecule has 2 rings (SSSR count). The van der Waals surface area contributed by atoms with Crippen LogP contribution in [0.3, 0.4) is 0 Å². The van der Waals surface area contributed by atoms with E-state index in [1.54, 1.807) is 31.2 Å². The van der Waals surface area contributed by atoms with Crippen LogP contribution in [0.25, 0.3) is 0 Å². The first kappa shape index (κ1) is 27.8. The predicted octanol–water partition coefficient (Wildman–Crippen LogP) is 7.87. The summed E-state index contributed by atoms with van der Waals surface area (Å²) in [5, 5.41) is 30.5. The van der Waals surface area contributed by atoms with Crippen LogP contribution in [0.15, 0.2) is 34.1 Å². The second-order valence-electron chi connectivity index (χ2n) is 7.59. The molecule has 0 amide bonds. The zero-order valence-corrected chi connectivity index (χ0v) is 22.0. The van der Waals surface area contributed by atoms with Gasteiger partial charge in [-0.15, -0.1) is 23.5 Å². The summed E-state index contributed by atoms with van der Waals surface area (Å²) in [4.78, 5) is 13.9. The third-order valence-electron chi connectivity index (χ3n) is 4.56. The number of hydrogen-bond donors (Lipinski definition) is 3. The average Bonchev–Trinajstić information content (AvgIpc) is 2.70. The fraction of sp³-hybridized carbons (Fsp3) is 0.409. The molecule has 0 saturated carbocycles. The largest absolute Gasteiger partial charge is 0.505 e. The Morgan fingerprint density at radius 3 is 1.69 bits per heavy atom. The third-order valence-corrected chi connectivity index (χ3v) is 7.83. The molecule has 0 bridgehead atoms. The number of benzene rings is 2. The second-order valence-corrected chi connectivity index (χ2v) is 11.6. The van der Waals surface area contributed by atoms with Crippen LogP contribution in [0, 0.1) is 0 Å². The van der Waals surface area contributed by atoms with Gasteiger partial charge < -0.3 is 15.3 Å². The summed E-state index contributed by atoms with van der Waals surface area (Å²) in [7, 11) is 0. The van der Waals surface area contributed by atoms with Crippen LogP contribution in [-0.2, 0) is 4.79 Å². The summed E-state index contributed by atoms with van der Waals surface area (Å²) in [6.07, 6.45) is 2.34. The van der Waals surface area contributed by atoms with Crippen LogP contribution in [0.1, 0.15) is 39.0 Å². The molecular formula is C22H24Cl4O4S2. The Morgan fingerprint density at radius 2 is 1.25 bits per heavy atom. The van der Waals surface area contributed by atoms with E-state index in [1.807, 2.05) is 0 Å². The van der Waals surface area contributed by atoms with E-state index in [0.717, 1.165) is 15.5 Å². The first-order valence-corrected chi connectivity index (χ1v) is 13.3. The molecule has 0 aliphatic heterocycles. The van der Waals surface area contributed by atoms with E-state index in [0.29, 0.717) is 31.4 Å². The van der Waals surface area contributed by atoms with Crippen LogP contribution in [0.4, 0.5) is 0 Å². The Balaban J connectivity index is 1.67. The Morgan fingerprint density at radius 1 is 0.844 bits per heavy atom. The third kappa shape index (κ3) is 9.05. The second kappa shape index (κ2) is 12.8. The van der Waals surface area contributed by atoms with Gasteiger partial charge in [-0.3, -0.25) is 4.79 Å². The van der Waals surface area contributed by atoms with Gasteiger partial charge in [0, 0.05) is 22.6 Å². The molecule has 1 unspecified atom stereocenters. The molecule has 0 radical (unpaired) electrons. The maximum Gasteiger partial charge on any atom is 0.152 e. The number of Topliss-reactive ketones (excluding diaryl/α,β-unsaturated/α-hetero) is 1. The van der Waals surface area contributed by atoms with E-state index in [2.05, 4.69) is 0 Å². The molecule has 0 aliphatic rings. The fourth-order valence-corrected chi connectivity index (χ4v) is 6.04. The predicted molar refractivity (Wildman–Crippen MR) is 136 cm³/mol. The molecule has 2 aromatic rings. The fourth-order valence-electron chi connectivity index (χ4n) is 2.96. The molecule has 176 valence electrons. The smallest absolute Gasteiger partial charge is 0.152 e. The average molecular weight is 558 g/mol. The van der Waals surface area contributed by atoms with Crippen LogP contribution < -0.4 is 0 Å². The Kier molecular flexibility index (Phi) is 11.1. The highest BCUT2D eigenvalue weighted by Gasteiger charge is 2.23. The lowest BCUT2D eigenvalue weighted by molar-refractivity contribution is -0.123. The van der Waals surface area contributed by atoms with Crippen molar-refractivity contribution in [3.05, 3.63) is 44.4 Å². The van der Waals surface area contributed by atoms with Gasteiger partial charge in [-0.2, -0.15) is 0 Å². The van der Waals surface area contributed by atoms with Gasteiger partial charge in [-0.1, -0.05) is 46.4 Å². The topological polar surface area (TPSA) is 77.8 Å². The van der Waals surface area contributed by atoms with E-state index < -0.39 is 5.60 Å². The van der Waals surface area contributed by atoms with Crippen LogP contribution in [-0.4, -0.2) is 38.2 Å². The molecule has 4 nitrogen and oxygen atoms in total. The summed E-state index contributed by atoms with van der Waals surface area (Å²) in [6.45, 7) is 1.68. The number of aliphatic hydroxyl groups is 1. The van der Waals surface area contributed by atoms with E-state index >= 15 is 0 Å². The minimum atomic E-state index is -1.06. The summed E-state index contributed by atoms with van der Waals surface area (Å²) >= 11 is 26.7. The zero-order valence-electron chi connectivity index (χ0n) is 17.3. The van der Waals surface area contributed by atoms with Crippen molar-refractivity contribution in [3.8, 4) is 11.5 Å². The van der Waals surface area contributed by atoms with E-state index in [-0.39, 0.29) is 43.8 Å². The van der Waals surface area contributed by atoms with Crippen molar-refractivity contribution in [1.29, 1.82) is 0 Å². The summed E-state index contributed by atoms with van der Waals surface area (Å²) in [5.74, 6) is 1.16. The van der Waals surface area contributed by atoms with Gasteiger partial charge in [0.05, 0.1) is 25.7 Å².